The number of aromatic carboxylic acids is 1. The van der Waals surface area contributed by atoms with Gasteiger partial charge in [-0.2, -0.15) is 0 Å². The number of ether oxygens (including phenoxy) is 1. The average molecular weight is 535 g/mol. The van der Waals surface area contributed by atoms with E-state index in [2.05, 4.69) is 50.8 Å². The molecule has 0 unspecified atom stereocenters. The van der Waals surface area contributed by atoms with Gasteiger partial charge in [0.2, 0.25) is 5.91 Å². The standard InChI is InChI=1S/C27H23BrN2O5/c28-22-11-5-10-20(25(32)33)24(22)29-23(31)14-27(12-13-27)30-26(34)35-15-21-18-8-3-1-6-16(18)17-7-2-4-9-19(17)21/h1-11,21H,12-15H2,(H,29,31)(H,30,34)(H,32,33). The number of rotatable bonds is 7. The summed E-state index contributed by atoms with van der Waals surface area (Å²) < 4.78 is 6.09. The highest BCUT2D eigenvalue weighted by Gasteiger charge is 2.46. The second-order valence-electron chi connectivity index (χ2n) is 8.92. The van der Waals surface area contributed by atoms with Crippen LogP contribution in [0.4, 0.5) is 10.5 Å². The molecule has 7 nitrogen and oxygen atoms in total. The zero-order chi connectivity index (χ0) is 24.6. The fraction of sp³-hybridized carbons (Fsp3) is 0.222. The third-order valence-electron chi connectivity index (χ3n) is 6.57. The summed E-state index contributed by atoms with van der Waals surface area (Å²) in [5.41, 5.74) is 4.07. The minimum absolute atomic E-state index is 0.0120. The van der Waals surface area contributed by atoms with Crippen molar-refractivity contribution in [3.63, 3.8) is 0 Å². The summed E-state index contributed by atoms with van der Waals surface area (Å²) in [6.07, 6.45) is 0.750. The average Bonchev–Trinajstić information content (AvgIpc) is 3.50. The van der Waals surface area contributed by atoms with E-state index < -0.39 is 17.6 Å². The normalized spacial score (nSPS) is 15.0. The van der Waals surface area contributed by atoms with E-state index in [1.54, 1.807) is 12.1 Å². The Morgan fingerprint density at radius 2 is 1.57 bits per heavy atom. The van der Waals surface area contributed by atoms with Crippen LogP contribution < -0.4 is 10.6 Å². The number of hydrogen-bond donors (Lipinski definition) is 3. The molecule has 2 aliphatic rings. The number of para-hydroxylation sites is 1. The number of carbonyl (C=O) groups excluding carboxylic acids is 2. The lowest BCUT2D eigenvalue weighted by Gasteiger charge is -2.19. The Bertz CT molecular complexity index is 1290. The van der Waals surface area contributed by atoms with Gasteiger partial charge in [0.15, 0.2) is 0 Å². The maximum Gasteiger partial charge on any atom is 0.407 e. The summed E-state index contributed by atoms with van der Waals surface area (Å²) in [6.45, 7) is 0.196. The van der Waals surface area contributed by atoms with Gasteiger partial charge in [0.05, 0.1) is 23.2 Å². The van der Waals surface area contributed by atoms with Crippen molar-refractivity contribution in [3.8, 4) is 11.1 Å². The highest BCUT2D eigenvalue weighted by Crippen LogP contribution is 2.45. The quantitative estimate of drug-likeness (QED) is 0.368. The molecule has 0 aromatic heterocycles. The molecule has 178 valence electrons. The number of carboxylic acids is 1. The van der Waals surface area contributed by atoms with Crippen molar-refractivity contribution in [2.45, 2.75) is 30.7 Å². The lowest BCUT2D eigenvalue weighted by atomic mass is 9.98. The van der Waals surface area contributed by atoms with E-state index in [4.69, 9.17) is 4.74 Å². The molecule has 0 atom stereocenters. The maximum atomic E-state index is 12.7. The molecule has 0 aliphatic heterocycles. The van der Waals surface area contributed by atoms with Crippen LogP contribution in [0.5, 0.6) is 0 Å². The Labute approximate surface area is 210 Å². The van der Waals surface area contributed by atoms with Gasteiger partial charge in [-0.3, -0.25) is 4.79 Å². The molecular formula is C27H23BrN2O5. The number of carbonyl (C=O) groups is 3. The Morgan fingerprint density at radius 3 is 2.17 bits per heavy atom. The number of hydrogen-bond acceptors (Lipinski definition) is 4. The van der Waals surface area contributed by atoms with Crippen molar-refractivity contribution in [2.75, 3.05) is 11.9 Å². The first-order valence-corrected chi connectivity index (χ1v) is 12.1. The molecule has 0 saturated heterocycles. The number of alkyl carbamates (subject to hydrolysis) is 1. The molecule has 2 amide bonds. The topological polar surface area (TPSA) is 105 Å². The van der Waals surface area contributed by atoms with Crippen LogP contribution in [0, 0.1) is 0 Å². The minimum atomic E-state index is -1.14. The molecule has 0 heterocycles. The summed E-state index contributed by atoms with van der Waals surface area (Å²) in [7, 11) is 0. The predicted molar refractivity (Wildman–Crippen MR) is 135 cm³/mol. The van der Waals surface area contributed by atoms with Crippen LogP contribution in [0.3, 0.4) is 0 Å². The summed E-state index contributed by atoms with van der Waals surface area (Å²) in [5, 5.41) is 14.9. The number of amides is 2. The number of anilines is 1. The Balaban J connectivity index is 1.21. The largest absolute Gasteiger partial charge is 0.478 e. The lowest BCUT2D eigenvalue weighted by Crippen LogP contribution is -2.40. The van der Waals surface area contributed by atoms with Crippen molar-refractivity contribution >= 4 is 39.6 Å². The second-order valence-corrected chi connectivity index (χ2v) is 9.78. The van der Waals surface area contributed by atoms with E-state index in [1.165, 1.54) is 6.07 Å². The third kappa shape index (κ3) is 4.66. The van der Waals surface area contributed by atoms with Gasteiger partial charge >= 0.3 is 12.1 Å². The van der Waals surface area contributed by atoms with Crippen molar-refractivity contribution in [1.29, 1.82) is 0 Å². The molecule has 5 rings (SSSR count). The maximum absolute atomic E-state index is 12.7. The number of benzene rings is 3. The summed E-state index contributed by atoms with van der Waals surface area (Å²) >= 11 is 3.29. The first-order chi connectivity index (χ1) is 16.9. The van der Waals surface area contributed by atoms with Crippen LogP contribution in [0.25, 0.3) is 11.1 Å². The zero-order valence-electron chi connectivity index (χ0n) is 18.7. The van der Waals surface area contributed by atoms with Gasteiger partial charge < -0.3 is 20.5 Å². The Morgan fingerprint density at radius 1 is 0.943 bits per heavy atom. The van der Waals surface area contributed by atoms with Crippen molar-refractivity contribution in [3.05, 3.63) is 87.9 Å². The van der Waals surface area contributed by atoms with Gasteiger partial charge in [0, 0.05) is 10.4 Å². The van der Waals surface area contributed by atoms with Gasteiger partial charge in [-0.05, 0) is 63.2 Å². The second kappa shape index (κ2) is 9.19. The molecule has 0 spiro atoms. The molecular weight excluding hydrogens is 512 g/mol. The molecule has 0 radical (unpaired) electrons. The van der Waals surface area contributed by atoms with E-state index in [9.17, 15) is 19.5 Å². The molecule has 3 N–H and O–H groups in total. The van der Waals surface area contributed by atoms with Crippen molar-refractivity contribution in [1.82, 2.24) is 5.32 Å². The summed E-state index contributed by atoms with van der Waals surface area (Å²) in [4.78, 5) is 36.9. The Hall–Kier alpha value is -3.65. The van der Waals surface area contributed by atoms with Gasteiger partial charge in [-0.25, -0.2) is 9.59 Å². The predicted octanol–water partition coefficient (Wildman–Crippen LogP) is 5.55. The SMILES string of the molecule is O=C(CC1(NC(=O)OCC2c3ccccc3-c3ccccc32)CC1)Nc1c(Br)cccc1C(=O)O. The fourth-order valence-corrected chi connectivity index (χ4v) is 5.13. The molecule has 35 heavy (non-hydrogen) atoms. The first-order valence-electron chi connectivity index (χ1n) is 11.3. The van der Waals surface area contributed by atoms with E-state index >= 15 is 0 Å². The monoisotopic (exact) mass is 534 g/mol. The third-order valence-corrected chi connectivity index (χ3v) is 7.23. The van der Waals surface area contributed by atoms with E-state index in [0.717, 1.165) is 22.3 Å². The molecule has 3 aromatic carbocycles. The molecule has 8 heteroatoms. The molecule has 1 fully saturated rings. The highest BCUT2D eigenvalue weighted by atomic mass is 79.9. The van der Waals surface area contributed by atoms with Crippen LogP contribution in [0.1, 0.15) is 46.7 Å². The molecule has 0 bridgehead atoms. The van der Waals surface area contributed by atoms with Crippen LogP contribution >= 0.6 is 15.9 Å². The van der Waals surface area contributed by atoms with E-state index in [-0.39, 0.29) is 36.1 Å². The fourth-order valence-electron chi connectivity index (χ4n) is 4.67. The van der Waals surface area contributed by atoms with Crippen LogP contribution in [-0.2, 0) is 9.53 Å². The minimum Gasteiger partial charge on any atom is -0.478 e. The van der Waals surface area contributed by atoms with Gasteiger partial charge in [-0.1, -0.05) is 54.6 Å². The smallest absolute Gasteiger partial charge is 0.407 e. The van der Waals surface area contributed by atoms with E-state index in [1.807, 2.05) is 24.3 Å². The molecule has 2 aliphatic carbocycles. The van der Waals surface area contributed by atoms with Crippen LogP contribution in [0.15, 0.2) is 71.2 Å². The summed E-state index contributed by atoms with van der Waals surface area (Å²) in [5.74, 6) is -1.56. The Kier molecular flexibility index (Phi) is 6.06. The lowest BCUT2D eigenvalue weighted by molar-refractivity contribution is -0.116. The number of fused-ring (bicyclic) bond motifs is 3. The van der Waals surface area contributed by atoms with Crippen LogP contribution in [0.2, 0.25) is 0 Å². The highest BCUT2D eigenvalue weighted by molar-refractivity contribution is 9.10. The number of halogens is 1. The van der Waals surface area contributed by atoms with E-state index in [0.29, 0.717) is 17.3 Å². The number of nitrogens with one attached hydrogen (secondary N) is 2. The summed E-state index contributed by atoms with van der Waals surface area (Å²) in [6, 6.07) is 20.9. The molecule has 3 aromatic rings. The van der Waals surface area contributed by atoms with Crippen LogP contribution in [-0.4, -0.2) is 35.2 Å². The first kappa shape index (κ1) is 23.1. The van der Waals surface area contributed by atoms with Gasteiger partial charge in [0.25, 0.3) is 0 Å². The number of carboxylic acid groups (broad SMARTS) is 1. The zero-order valence-corrected chi connectivity index (χ0v) is 20.3. The van der Waals surface area contributed by atoms with Crippen molar-refractivity contribution in [2.24, 2.45) is 0 Å². The van der Waals surface area contributed by atoms with Gasteiger partial charge in [0.1, 0.15) is 6.61 Å². The van der Waals surface area contributed by atoms with Crippen molar-refractivity contribution < 1.29 is 24.2 Å². The molecule has 1 saturated carbocycles. The van der Waals surface area contributed by atoms with Gasteiger partial charge in [-0.15, -0.1) is 0 Å².